The lowest BCUT2D eigenvalue weighted by Crippen LogP contribution is -2.35. The summed E-state index contributed by atoms with van der Waals surface area (Å²) in [5.74, 6) is -1.46. The van der Waals surface area contributed by atoms with Gasteiger partial charge in [0.1, 0.15) is 24.4 Å². The summed E-state index contributed by atoms with van der Waals surface area (Å²) in [5.41, 5.74) is -2.48. The summed E-state index contributed by atoms with van der Waals surface area (Å²) in [6, 6.07) is 3.10. The molecule has 1 heterocycles. The van der Waals surface area contributed by atoms with Gasteiger partial charge in [0.2, 0.25) is 5.78 Å². The van der Waals surface area contributed by atoms with Crippen LogP contribution >= 0.6 is 23.2 Å². The van der Waals surface area contributed by atoms with E-state index in [2.05, 4.69) is 4.98 Å². The van der Waals surface area contributed by atoms with Crippen molar-refractivity contribution in [2.45, 2.75) is 24.2 Å². The molecule has 0 aliphatic heterocycles. The molecule has 1 aromatic heterocycles. The number of Topliss-reactive ketones (excluding diaryl/α,β-unsaturated/α-hetero) is 1. The molecule has 2 aromatic rings. The molecule has 0 bridgehead atoms. The Hall–Kier alpha value is -2.67. The number of benzene rings is 1. The van der Waals surface area contributed by atoms with E-state index in [0.717, 1.165) is 37.6 Å². The summed E-state index contributed by atoms with van der Waals surface area (Å²) in [6.45, 7) is 0.838. The fourth-order valence-corrected chi connectivity index (χ4v) is 5.28. The van der Waals surface area contributed by atoms with Crippen LogP contribution < -0.4 is 4.31 Å². The lowest BCUT2D eigenvalue weighted by atomic mass is 9.91. The van der Waals surface area contributed by atoms with Crippen molar-refractivity contribution >= 4 is 44.7 Å². The maximum Gasteiger partial charge on any atom is 0.417 e. The lowest BCUT2D eigenvalue weighted by molar-refractivity contribution is -0.137. The van der Waals surface area contributed by atoms with Gasteiger partial charge in [-0.25, -0.2) is 22.1 Å². The molecule has 1 aliphatic carbocycles. The number of carbonyl (C=O) groups is 1. The van der Waals surface area contributed by atoms with E-state index in [1.807, 2.05) is 0 Å². The summed E-state index contributed by atoms with van der Waals surface area (Å²) >= 11 is 11.7. The van der Waals surface area contributed by atoms with Gasteiger partial charge in [-0.3, -0.25) is 4.79 Å². The third-order valence-electron chi connectivity index (χ3n) is 5.37. The molecule has 0 spiro atoms. The van der Waals surface area contributed by atoms with E-state index < -0.39 is 67.7 Å². The number of ketones is 1. The summed E-state index contributed by atoms with van der Waals surface area (Å²) < 4.78 is 92.4. The van der Waals surface area contributed by atoms with Crippen LogP contribution in [0.25, 0.3) is 0 Å². The van der Waals surface area contributed by atoms with Crippen molar-refractivity contribution in [3.05, 3.63) is 75.2 Å². The van der Waals surface area contributed by atoms with Gasteiger partial charge in [0.05, 0.1) is 38.9 Å². The normalized spacial score (nSPS) is 18.2. The van der Waals surface area contributed by atoms with Crippen molar-refractivity contribution in [1.29, 1.82) is 0 Å². The SMILES string of the molecule is COCN(c1cc(Cl)cnc1C(=O)C1=CC(F)C(C)C=C1OC)S(=O)(=O)c1ccc(Cl)c(C(F)(F)F)c1. The van der Waals surface area contributed by atoms with Crippen LogP contribution in [-0.2, 0) is 25.7 Å². The van der Waals surface area contributed by atoms with Crippen molar-refractivity contribution in [2.75, 3.05) is 25.3 Å². The number of aromatic nitrogens is 1. The lowest BCUT2D eigenvalue weighted by Gasteiger charge is -2.26. The van der Waals surface area contributed by atoms with Gasteiger partial charge < -0.3 is 9.47 Å². The Morgan fingerprint density at radius 1 is 1.16 bits per heavy atom. The molecule has 2 atom stereocenters. The predicted octanol–water partition coefficient (Wildman–Crippen LogP) is 5.83. The average Bonchev–Trinajstić information content (AvgIpc) is 2.82. The number of alkyl halides is 4. The second kappa shape index (κ2) is 11.0. The zero-order valence-electron chi connectivity index (χ0n) is 19.5. The van der Waals surface area contributed by atoms with Crippen LogP contribution in [0.2, 0.25) is 10.0 Å². The molecule has 2 unspecified atom stereocenters. The standard InChI is InChI=1S/C23H20Cl2F4N2O5S/c1-12-6-20(36-3)15(9-18(12)26)22(32)21-19(7-13(24)10-30-21)31(11-35-2)37(33,34)14-4-5-17(25)16(8-14)23(27,28)29/h4-10,12,18H,11H2,1-3H3. The van der Waals surface area contributed by atoms with Gasteiger partial charge in [-0.15, -0.1) is 0 Å². The van der Waals surface area contributed by atoms with E-state index >= 15 is 0 Å². The third-order valence-corrected chi connectivity index (χ3v) is 7.64. The molecule has 0 amide bonds. The molecule has 3 rings (SSSR count). The number of pyridine rings is 1. The predicted molar refractivity (Wildman–Crippen MR) is 129 cm³/mol. The van der Waals surface area contributed by atoms with Crippen LogP contribution in [0.3, 0.4) is 0 Å². The van der Waals surface area contributed by atoms with Crippen molar-refractivity contribution in [3.8, 4) is 0 Å². The largest absolute Gasteiger partial charge is 0.496 e. The minimum absolute atomic E-state index is 0.0442. The molecule has 37 heavy (non-hydrogen) atoms. The van der Waals surface area contributed by atoms with E-state index in [9.17, 15) is 30.8 Å². The van der Waals surface area contributed by atoms with Crippen molar-refractivity contribution in [2.24, 2.45) is 5.92 Å². The Balaban J connectivity index is 2.20. The molecule has 1 aliphatic rings. The number of ether oxygens (including phenoxy) is 2. The topological polar surface area (TPSA) is 85.8 Å². The maximum absolute atomic E-state index is 14.4. The highest BCUT2D eigenvalue weighted by Gasteiger charge is 2.37. The zero-order valence-corrected chi connectivity index (χ0v) is 21.8. The first-order chi connectivity index (χ1) is 17.2. The fourth-order valence-electron chi connectivity index (χ4n) is 3.50. The zero-order chi connectivity index (χ0) is 27.7. The number of carbonyl (C=O) groups excluding carboxylic acids is 1. The summed E-state index contributed by atoms with van der Waals surface area (Å²) in [4.78, 5) is 16.6. The second-order valence-corrected chi connectivity index (χ2v) is 10.6. The maximum atomic E-state index is 14.4. The Kier molecular flexibility index (Phi) is 8.57. The first-order valence-corrected chi connectivity index (χ1v) is 12.6. The van der Waals surface area contributed by atoms with E-state index in [1.54, 1.807) is 6.92 Å². The van der Waals surface area contributed by atoms with Crippen LogP contribution in [0.4, 0.5) is 23.2 Å². The van der Waals surface area contributed by atoms with Gasteiger partial charge in [0, 0.05) is 19.2 Å². The van der Waals surface area contributed by atoms with Gasteiger partial charge in [0.25, 0.3) is 10.0 Å². The highest BCUT2D eigenvalue weighted by Crippen LogP contribution is 2.38. The van der Waals surface area contributed by atoms with Gasteiger partial charge >= 0.3 is 6.18 Å². The van der Waals surface area contributed by atoms with Crippen LogP contribution in [0.1, 0.15) is 23.0 Å². The number of hydrogen-bond donors (Lipinski definition) is 0. The van der Waals surface area contributed by atoms with Crippen LogP contribution in [0.5, 0.6) is 0 Å². The minimum Gasteiger partial charge on any atom is -0.496 e. The Labute approximate surface area is 220 Å². The first-order valence-electron chi connectivity index (χ1n) is 10.4. The Morgan fingerprint density at radius 3 is 2.43 bits per heavy atom. The molecule has 0 saturated carbocycles. The number of halogens is 6. The van der Waals surface area contributed by atoms with Crippen molar-refractivity contribution in [3.63, 3.8) is 0 Å². The first kappa shape index (κ1) is 28.9. The van der Waals surface area contributed by atoms with Crippen LogP contribution in [0.15, 0.2) is 58.8 Å². The summed E-state index contributed by atoms with van der Waals surface area (Å²) in [7, 11) is -2.39. The van der Waals surface area contributed by atoms with Crippen LogP contribution in [0, 0.1) is 5.92 Å². The number of rotatable bonds is 8. The summed E-state index contributed by atoms with van der Waals surface area (Å²) in [6.07, 6.45) is -3.00. The molecular weight excluding hydrogens is 563 g/mol. The number of anilines is 1. The van der Waals surface area contributed by atoms with Crippen molar-refractivity contribution < 1.29 is 40.2 Å². The number of hydrogen-bond acceptors (Lipinski definition) is 6. The molecular formula is C23H20Cl2F4N2O5S. The Bertz CT molecular complexity index is 1380. The molecule has 0 fully saturated rings. The molecule has 0 saturated heterocycles. The summed E-state index contributed by atoms with van der Waals surface area (Å²) in [5, 5.41) is -0.796. The third kappa shape index (κ3) is 5.92. The fraction of sp³-hybridized carbons (Fsp3) is 0.304. The molecule has 14 heteroatoms. The molecule has 200 valence electrons. The van der Waals surface area contributed by atoms with Gasteiger partial charge in [-0.1, -0.05) is 30.1 Å². The number of methoxy groups -OCH3 is 2. The number of allylic oxidation sites excluding steroid dienone is 3. The minimum atomic E-state index is -4.94. The van der Waals surface area contributed by atoms with Crippen LogP contribution in [-0.4, -0.2) is 46.3 Å². The monoisotopic (exact) mass is 582 g/mol. The van der Waals surface area contributed by atoms with E-state index in [-0.39, 0.29) is 16.4 Å². The molecule has 7 nitrogen and oxygen atoms in total. The smallest absolute Gasteiger partial charge is 0.417 e. The second-order valence-electron chi connectivity index (χ2n) is 7.88. The van der Waals surface area contributed by atoms with Gasteiger partial charge in [-0.05, 0) is 36.4 Å². The van der Waals surface area contributed by atoms with Gasteiger partial charge in [0.15, 0.2) is 0 Å². The quantitative estimate of drug-likeness (QED) is 0.221. The highest BCUT2D eigenvalue weighted by molar-refractivity contribution is 7.92. The number of sulfonamides is 1. The van der Waals surface area contributed by atoms with Gasteiger partial charge in [-0.2, -0.15) is 13.2 Å². The van der Waals surface area contributed by atoms with Crippen molar-refractivity contribution in [1.82, 2.24) is 4.98 Å². The molecule has 1 aromatic carbocycles. The Morgan fingerprint density at radius 2 is 1.84 bits per heavy atom. The number of nitrogens with zero attached hydrogens (tertiary/aromatic N) is 2. The van der Waals surface area contributed by atoms with E-state index in [1.165, 1.54) is 13.2 Å². The van der Waals surface area contributed by atoms with E-state index in [4.69, 9.17) is 32.7 Å². The average molecular weight is 583 g/mol. The molecule has 0 radical (unpaired) electrons. The highest BCUT2D eigenvalue weighted by atomic mass is 35.5. The molecule has 0 N–H and O–H groups in total. The van der Waals surface area contributed by atoms with E-state index in [0.29, 0.717) is 10.4 Å².